The summed E-state index contributed by atoms with van der Waals surface area (Å²) in [6, 6.07) is 0. The van der Waals surface area contributed by atoms with Crippen molar-refractivity contribution >= 4 is 14.6 Å². The minimum atomic E-state index is -3.23. The Morgan fingerprint density at radius 1 is 0.697 bits per heavy atom. The standard InChI is InChI=1S/C16H35O2P.C13H30P/c1-13(9-15(3,4)5)11-19(17,18)12-14(2)10-16(6,7)8;1-5-8-11-14(4,12-9-6-2)13-10-7-3/h13-14H,9-12H2,1-8H3,(H,17,18);5-13H2,1-4H3/q;+1/p-1. The third-order valence-corrected chi connectivity index (χ3v) is 12.8. The molecule has 2 atom stereocenters. The van der Waals surface area contributed by atoms with Gasteiger partial charge in [-0.2, -0.15) is 0 Å². The van der Waals surface area contributed by atoms with E-state index in [1.54, 1.807) is 18.5 Å². The molecule has 0 aromatic heterocycles. The van der Waals surface area contributed by atoms with Gasteiger partial charge in [-0.05, 0) is 67.1 Å². The van der Waals surface area contributed by atoms with Crippen LogP contribution in [0.4, 0.5) is 0 Å². The summed E-state index contributed by atoms with van der Waals surface area (Å²) in [5.41, 5.74) is 0.410. The summed E-state index contributed by atoms with van der Waals surface area (Å²) in [7, 11) is -3.75. The van der Waals surface area contributed by atoms with E-state index in [-0.39, 0.29) is 22.7 Å². The van der Waals surface area contributed by atoms with E-state index in [0.717, 1.165) is 12.8 Å². The second kappa shape index (κ2) is 17.1. The maximum absolute atomic E-state index is 12.3. The van der Waals surface area contributed by atoms with Crippen LogP contribution in [0.25, 0.3) is 0 Å². The van der Waals surface area contributed by atoms with Crippen LogP contribution in [0.2, 0.25) is 0 Å². The number of hydrogen-bond donors (Lipinski definition) is 0. The summed E-state index contributed by atoms with van der Waals surface area (Å²) in [6.07, 6.45) is 15.9. The molecule has 0 bridgehead atoms. The monoisotopic (exact) mass is 506 g/mol. The Bertz CT molecular complexity index is 467. The molecule has 0 aromatic rings. The molecule has 0 radical (unpaired) electrons. The first-order valence-corrected chi connectivity index (χ1v) is 18.8. The summed E-state index contributed by atoms with van der Waals surface area (Å²) in [6.45, 7) is 26.7. The van der Waals surface area contributed by atoms with Gasteiger partial charge in [-0.15, -0.1) is 0 Å². The molecule has 33 heavy (non-hydrogen) atoms. The normalized spacial score (nSPS) is 16.5. The predicted octanol–water partition coefficient (Wildman–Crippen LogP) is 9.80. The van der Waals surface area contributed by atoms with Crippen molar-refractivity contribution in [1.82, 2.24) is 0 Å². The SMILES string of the molecule is CC(CC(C)(C)C)CP(=O)([O-])CC(C)CC(C)(C)C.CCCC[P+](C)(CCCC)CCCC. The Balaban J connectivity index is 0. The fraction of sp³-hybridized carbons (Fsp3) is 1.00. The molecule has 0 amide bonds. The van der Waals surface area contributed by atoms with Gasteiger partial charge in [0.25, 0.3) is 0 Å². The lowest BCUT2D eigenvalue weighted by Gasteiger charge is -2.33. The molecule has 0 heterocycles. The minimum absolute atomic E-state index is 0.205. The molecule has 2 nitrogen and oxygen atoms in total. The average molecular weight is 507 g/mol. The molecular weight excluding hydrogens is 442 g/mol. The van der Waals surface area contributed by atoms with E-state index < -0.39 is 14.6 Å². The lowest BCUT2D eigenvalue weighted by molar-refractivity contribution is -0.176. The fourth-order valence-corrected chi connectivity index (χ4v) is 11.4. The largest absolute Gasteiger partial charge is 0.799 e. The Hall–Kier alpha value is 0.620. The summed E-state index contributed by atoms with van der Waals surface area (Å²) < 4.78 is 12.3. The van der Waals surface area contributed by atoms with Crippen molar-refractivity contribution in [2.75, 3.05) is 37.5 Å². The van der Waals surface area contributed by atoms with Crippen LogP contribution in [-0.2, 0) is 4.57 Å². The summed E-state index contributed by atoms with van der Waals surface area (Å²) >= 11 is 0. The third-order valence-electron chi connectivity index (χ3n) is 6.26. The zero-order valence-corrected chi connectivity index (χ0v) is 26.8. The van der Waals surface area contributed by atoms with Crippen molar-refractivity contribution < 1.29 is 9.46 Å². The molecule has 0 spiro atoms. The molecule has 0 aromatic carbocycles. The Morgan fingerprint density at radius 2 is 0.970 bits per heavy atom. The second-order valence-corrected chi connectivity index (χ2v) is 20.7. The van der Waals surface area contributed by atoms with Gasteiger partial charge in [0.05, 0.1) is 18.5 Å². The third kappa shape index (κ3) is 24.1. The molecule has 0 aliphatic heterocycles. The molecule has 0 fully saturated rings. The highest BCUT2D eigenvalue weighted by Crippen LogP contribution is 2.57. The number of hydrogen-bond acceptors (Lipinski definition) is 2. The zero-order chi connectivity index (χ0) is 26.3. The van der Waals surface area contributed by atoms with Crippen molar-refractivity contribution in [3.63, 3.8) is 0 Å². The molecule has 2 unspecified atom stereocenters. The molecule has 0 saturated carbocycles. The molecule has 202 valence electrons. The van der Waals surface area contributed by atoms with Gasteiger partial charge in [0.15, 0.2) is 0 Å². The van der Waals surface area contributed by atoms with Gasteiger partial charge in [-0.1, -0.05) is 95.4 Å². The molecule has 0 aliphatic carbocycles. The van der Waals surface area contributed by atoms with Gasteiger partial charge in [0.1, 0.15) is 0 Å². The van der Waals surface area contributed by atoms with Crippen LogP contribution in [0.1, 0.15) is 128 Å². The van der Waals surface area contributed by atoms with Gasteiger partial charge in [-0.3, -0.25) is 0 Å². The van der Waals surface area contributed by atoms with E-state index in [0.29, 0.717) is 12.3 Å². The Kier molecular flexibility index (Phi) is 18.6. The lowest BCUT2D eigenvalue weighted by Crippen LogP contribution is -2.22. The van der Waals surface area contributed by atoms with Crippen molar-refractivity contribution in [1.29, 1.82) is 0 Å². The summed E-state index contributed by atoms with van der Waals surface area (Å²) in [4.78, 5) is 12.3. The first-order valence-electron chi connectivity index (χ1n) is 14.0. The highest BCUT2D eigenvalue weighted by molar-refractivity contribution is 7.75. The van der Waals surface area contributed by atoms with Crippen molar-refractivity contribution in [2.24, 2.45) is 22.7 Å². The highest BCUT2D eigenvalue weighted by Gasteiger charge is 2.28. The van der Waals surface area contributed by atoms with Gasteiger partial charge in [-0.25, -0.2) is 0 Å². The number of unbranched alkanes of at least 4 members (excludes halogenated alkanes) is 3. The van der Waals surface area contributed by atoms with Crippen molar-refractivity contribution in [3.8, 4) is 0 Å². The first-order chi connectivity index (χ1) is 14.9. The maximum Gasteiger partial charge on any atom is 0.0591 e. The average Bonchev–Trinajstić information content (AvgIpc) is 2.59. The van der Waals surface area contributed by atoms with Crippen LogP contribution in [0, 0.1) is 22.7 Å². The smallest absolute Gasteiger partial charge is 0.0591 e. The van der Waals surface area contributed by atoms with Crippen LogP contribution in [0.15, 0.2) is 0 Å². The first kappa shape index (κ1) is 35.8. The predicted molar refractivity (Wildman–Crippen MR) is 156 cm³/mol. The fourth-order valence-electron chi connectivity index (χ4n) is 5.20. The van der Waals surface area contributed by atoms with E-state index in [2.05, 4.69) is 82.8 Å². The molecule has 0 aliphatic rings. The van der Waals surface area contributed by atoms with Gasteiger partial charge < -0.3 is 9.46 Å². The second-order valence-electron chi connectivity index (χ2n) is 13.8. The van der Waals surface area contributed by atoms with E-state index >= 15 is 0 Å². The van der Waals surface area contributed by atoms with E-state index in [9.17, 15) is 9.46 Å². The Morgan fingerprint density at radius 3 is 1.18 bits per heavy atom. The molecule has 0 saturated heterocycles. The van der Waals surface area contributed by atoms with E-state index in [1.807, 2.05) is 0 Å². The maximum atomic E-state index is 12.3. The number of rotatable bonds is 15. The zero-order valence-electron chi connectivity index (χ0n) is 25.1. The Labute approximate surface area is 211 Å². The van der Waals surface area contributed by atoms with E-state index in [1.165, 1.54) is 38.5 Å². The molecule has 0 N–H and O–H groups in total. The quantitative estimate of drug-likeness (QED) is 0.207. The van der Waals surface area contributed by atoms with Crippen LogP contribution >= 0.6 is 14.6 Å². The van der Waals surface area contributed by atoms with Gasteiger partial charge >= 0.3 is 0 Å². The minimum Gasteiger partial charge on any atom is -0.799 e. The van der Waals surface area contributed by atoms with Crippen LogP contribution in [-0.4, -0.2) is 37.5 Å². The summed E-state index contributed by atoms with van der Waals surface area (Å²) in [5.74, 6) is 0.510. The molecular formula is C29H64O2P2. The van der Waals surface area contributed by atoms with Crippen molar-refractivity contribution in [3.05, 3.63) is 0 Å². The van der Waals surface area contributed by atoms with Crippen LogP contribution in [0.5, 0.6) is 0 Å². The highest BCUT2D eigenvalue weighted by atomic mass is 31.2. The van der Waals surface area contributed by atoms with Gasteiger partial charge in [0, 0.05) is 21.3 Å². The molecule has 4 heteroatoms. The van der Waals surface area contributed by atoms with Crippen molar-refractivity contribution in [2.45, 2.75) is 128 Å². The molecule has 0 rings (SSSR count). The van der Waals surface area contributed by atoms with Crippen LogP contribution in [0.3, 0.4) is 0 Å². The summed E-state index contributed by atoms with van der Waals surface area (Å²) in [5, 5.41) is 0. The lowest BCUT2D eigenvalue weighted by atomic mass is 9.86. The van der Waals surface area contributed by atoms with Gasteiger partial charge in [0.2, 0.25) is 0 Å². The van der Waals surface area contributed by atoms with E-state index in [4.69, 9.17) is 0 Å². The van der Waals surface area contributed by atoms with Crippen LogP contribution < -0.4 is 4.89 Å². The topological polar surface area (TPSA) is 40.1 Å².